The second-order valence-electron chi connectivity index (χ2n) is 4.51. The van der Waals surface area contributed by atoms with Crippen molar-refractivity contribution >= 4 is 11.8 Å². The fraction of sp³-hybridized carbons (Fsp3) is 0.467. The van der Waals surface area contributed by atoms with Crippen molar-refractivity contribution in [1.29, 1.82) is 0 Å². The highest BCUT2D eigenvalue weighted by atomic mass is 16.5. The molecule has 6 nitrogen and oxygen atoms in total. The van der Waals surface area contributed by atoms with E-state index >= 15 is 0 Å². The summed E-state index contributed by atoms with van der Waals surface area (Å²) in [6.07, 6.45) is 0.150. The molecule has 1 rings (SSSR count). The molecule has 0 aliphatic carbocycles. The molecule has 0 fully saturated rings. The van der Waals surface area contributed by atoms with E-state index in [0.717, 1.165) is 0 Å². The third-order valence-electron chi connectivity index (χ3n) is 2.89. The van der Waals surface area contributed by atoms with E-state index in [1.165, 1.54) is 0 Å². The summed E-state index contributed by atoms with van der Waals surface area (Å²) in [5.74, 6) is -1.06. The van der Waals surface area contributed by atoms with Crippen LogP contribution >= 0.6 is 0 Å². The Morgan fingerprint density at radius 1 is 1.19 bits per heavy atom. The molecular formula is C15H21NO5. The maximum atomic E-state index is 12.3. The highest BCUT2D eigenvalue weighted by Crippen LogP contribution is 2.08. The molecule has 1 unspecified atom stereocenters. The molecule has 0 saturated heterocycles. The predicted octanol–water partition coefficient (Wildman–Crippen LogP) is 0.701. The third kappa shape index (κ3) is 6.99. The first-order valence-electron chi connectivity index (χ1n) is 6.88. The Hall–Kier alpha value is -1.76. The fourth-order valence-electron chi connectivity index (χ4n) is 1.87. The van der Waals surface area contributed by atoms with Crippen LogP contribution in [0.1, 0.15) is 23.2 Å². The van der Waals surface area contributed by atoms with Crippen molar-refractivity contribution in [3.8, 4) is 0 Å². The molecule has 0 amide bonds. The number of carbonyl (C=O) groups excluding carboxylic acids is 1. The summed E-state index contributed by atoms with van der Waals surface area (Å²) < 4.78 is 5.10. The number of carboxylic acid groups (broad SMARTS) is 1. The van der Waals surface area contributed by atoms with Crippen molar-refractivity contribution in [2.24, 2.45) is 0 Å². The first kappa shape index (κ1) is 17.3. The molecule has 0 aromatic heterocycles. The SMILES string of the molecule is O=C(O)CCC(NCCOCCO)C(=O)c1ccccc1. The molecule has 0 bridgehead atoms. The predicted molar refractivity (Wildman–Crippen MR) is 77.3 cm³/mol. The molecule has 0 aliphatic rings. The Morgan fingerprint density at radius 3 is 2.52 bits per heavy atom. The summed E-state index contributed by atoms with van der Waals surface area (Å²) in [4.78, 5) is 23.0. The summed E-state index contributed by atoms with van der Waals surface area (Å²) in [5.41, 5.74) is 0.552. The maximum Gasteiger partial charge on any atom is 0.303 e. The molecule has 0 spiro atoms. The minimum Gasteiger partial charge on any atom is -0.481 e. The Kier molecular flexibility index (Phi) is 8.27. The van der Waals surface area contributed by atoms with Crippen molar-refractivity contribution in [2.75, 3.05) is 26.4 Å². The van der Waals surface area contributed by atoms with E-state index in [2.05, 4.69) is 5.32 Å². The Balaban J connectivity index is 2.54. The zero-order chi connectivity index (χ0) is 15.5. The number of aliphatic hydroxyl groups excluding tert-OH is 1. The Morgan fingerprint density at radius 2 is 1.90 bits per heavy atom. The van der Waals surface area contributed by atoms with Gasteiger partial charge in [-0.3, -0.25) is 9.59 Å². The van der Waals surface area contributed by atoms with Gasteiger partial charge in [0.1, 0.15) is 0 Å². The number of nitrogens with one attached hydrogen (secondary N) is 1. The van der Waals surface area contributed by atoms with Gasteiger partial charge in [-0.15, -0.1) is 0 Å². The van der Waals surface area contributed by atoms with Crippen molar-refractivity contribution in [1.82, 2.24) is 5.32 Å². The van der Waals surface area contributed by atoms with Crippen LogP contribution in [0, 0.1) is 0 Å². The van der Waals surface area contributed by atoms with Gasteiger partial charge in [-0.05, 0) is 6.42 Å². The number of carboxylic acids is 1. The van der Waals surface area contributed by atoms with Gasteiger partial charge in [0.25, 0.3) is 0 Å². The van der Waals surface area contributed by atoms with Gasteiger partial charge in [0.05, 0.1) is 25.9 Å². The zero-order valence-corrected chi connectivity index (χ0v) is 11.8. The molecule has 0 saturated carbocycles. The van der Waals surface area contributed by atoms with Gasteiger partial charge in [-0.2, -0.15) is 0 Å². The van der Waals surface area contributed by atoms with Crippen LogP contribution in [0.4, 0.5) is 0 Å². The van der Waals surface area contributed by atoms with Crippen LogP contribution in [-0.4, -0.2) is 54.4 Å². The molecule has 0 heterocycles. The topological polar surface area (TPSA) is 95.9 Å². The minimum absolute atomic E-state index is 0.0502. The summed E-state index contributed by atoms with van der Waals surface area (Å²) in [5, 5.41) is 20.4. The molecule has 6 heteroatoms. The van der Waals surface area contributed by atoms with E-state index in [1.54, 1.807) is 24.3 Å². The Bertz CT molecular complexity index is 435. The number of aliphatic hydroxyl groups is 1. The van der Waals surface area contributed by atoms with Gasteiger partial charge in [0.2, 0.25) is 0 Å². The summed E-state index contributed by atoms with van der Waals surface area (Å²) in [6, 6.07) is 8.22. The average Bonchev–Trinajstić information content (AvgIpc) is 2.50. The van der Waals surface area contributed by atoms with Crippen LogP contribution in [0.5, 0.6) is 0 Å². The smallest absolute Gasteiger partial charge is 0.303 e. The number of hydrogen-bond donors (Lipinski definition) is 3. The van der Waals surface area contributed by atoms with Crippen molar-refractivity contribution in [3.63, 3.8) is 0 Å². The number of rotatable bonds is 11. The van der Waals surface area contributed by atoms with E-state index in [-0.39, 0.29) is 31.8 Å². The van der Waals surface area contributed by atoms with Gasteiger partial charge in [-0.25, -0.2) is 0 Å². The van der Waals surface area contributed by atoms with E-state index in [1.807, 2.05) is 6.07 Å². The third-order valence-corrected chi connectivity index (χ3v) is 2.89. The van der Waals surface area contributed by atoms with Gasteiger partial charge in [-0.1, -0.05) is 30.3 Å². The summed E-state index contributed by atoms with van der Waals surface area (Å²) in [6.45, 7) is 0.967. The lowest BCUT2D eigenvalue weighted by atomic mass is 10.00. The van der Waals surface area contributed by atoms with Crippen LogP contribution in [-0.2, 0) is 9.53 Å². The van der Waals surface area contributed by atoms with Crippen molar-refractivity contribution in [2.45, 2.75) is 18.9 Å². The lowest BCUT2D eigenvalue weighted by Crippen LogP contribution is -2.39. The average molecular weight is 295 g/mol. The number of benzene rings is 1. The van der Waals surface area contributed by atoms with E-state index in [9.17, 15) is 9.59 Å². The van der Waals surface area contributed by atoms with Gasteiger partial charge in [0, 0.05) is 18.5 Å². The highest BCUT2D eigenvalue weighted by molar-refractivity contribution is 6.00. The van der Waals surface area contributed by atoms with E-state index in [4.69, 9.17) is 14.9 Å². The molecule has 1 aromatic carbocycles. The Labute approximate surface area is 123 Å². The van der Waals surface area contributed by atoms with Crippen LogP contribution in [0.2, 0.25) is 0 Å². The second kappa shape index (κ2) is 10.0. The molecule has 3 N–H and O–H groups in total. The molecule has 1 aromatic rings. The lowest BCUT2D eigenvalue weighted by Gasteiger charge is -2.17. The van der Waals surface area contributed by atoms with E-state index < -0.39 is 12.0 Å². The highest BCUT2D eigenvalue weighted by Gasteiger charge is 2.20. The van der Waals surface area contributed by atoms with Gasteiger partial charge < -0.3 is 20.3 Å². The number of hydrogen-bond acceptors (Lipinski definition) is 5. The number of ketones is 1. The van der Waals surface area contributed by atoms with E-state index in [0.29, 0.717) is 18.7 Å². The van der Waals surface area contributed by atoms with Gasteiger partial charge >= 0.3 is 5.97 Å². The first-order chi connectivity index (χ1) is 10.1. The van der Waals surface area contributed by atoms with Crippen molar-refractivity contribution in [3.05, 3.63) is 35.9 Å². The normalized spacial score (nSPS) is 12.0. The minimum atomic E-state index is -0.931. The number of aliphatic carboxylic acids is 1. The quantitative estimate of drug-likeness (QED) is 0.411. The van der Waals surface area contributed by atoms with Crippen LogP contribution in [0.15, 0.2) is 30.3 Å². The molecule has 0 radical (unpaired) electrons. The molecule has 21 heavy (non-hydrogen) atoms. The molecular weight excluding hydrogens is 274 g/mol. The fourth-order valence-corrected chi connectivity index (χ4v) is 1.87. The molecule has 116 valence electrons. The van der Waals surface area contributed by atoms with Crippen LogP contribution in [0.25, 0.3) is 0 Å². The van der Waals surface area contributed by atoms with Crippen molar-refractivity contribution < 1.29 is 24.5 Å². The monoisotopic (exact) mass is 295 g/mol. The summed E-state index contributed by atoms with van der Waals surface area (Å²) >= 11 is 0. The summed E-state index contributed by atoms with van der Waals surface area (Å²) in [7, 11) is 0. The second-order valence-corrected chi connectivity index (χ2v) is 4.51. The number of carbonyl (C=O) groups is 2. The molecule has 0 aliphatic heterocycles. The zero-order valence-electron chi connectivity index (χ0n) is 11.8. The van der Waals surface area contributed by atoms with Crippen LogP contribution < -0.4 is 5.32 Å². The number of ether oxygens (including phenoxy) is 1. The standard InChI is InChI=1S/C15H21NO5/c17-9-11-21-10-8-16-13(6-7-14(18)19)15(20)12-4-2-1-3-5-12/h1-5,13,16-17H,6-11H2,(H,18,19). The first-order valence-corrected chi connectivity index (χ1v) is 6.88. The number of Topliss-reactive ketones (excluding diaryl/α,β-unsaturated/α-hetero) is 1. The largest absolute Gasteiger partial charge is 0.481 e. The lowest BCUT2D eigenvalue weighted by molar-refractivity contribution is -0.137. The molecule has 1 atom stereocenters. The van der Waals surface area contributed by atoms with Gasteiger partial charge in [0.15, 0.2) is 5.78 Å². The van der Waals surface area contributed by atoms with Crippen LogP contribution in [0.3, 0.4) is 0 Å². The maximum absolute atomic E-state index is 12.3.